The summed E-state index contributed by atoms with van der Waals surface area (Å²) in [6, 6.07) is 10.5. The van der Waals surface area contributed by atoms with Crippen molar-refractivity contribution in [1.82, 2.24) is 10.3 Å². The van der Waals surface area contributed by atoms with Crippen molar-refractivity contribution in [3.63, 3.8) is 0 Å². The Morgan fingerprint density at radius 1 is 1.02 bits per heavy atom. The summed E-state index contributed by atoms with van der Waals surface area (Å²) in [6.45, 7) is 1.81. The van der Waals surface area contributed by atoms with Crippen LogP contribution in [0.4, 0.5) is 22.0 Å². The number of alkyl halides is 5. The number of benzene rings is 1. The van der Waals surface area contributed by atoms with Gasteiger partial charge in [0.05, 0.1) is 0 Å². The number of ketones is 1. The van der Waals surface area contributed by atoms with E-state index in [4.69, 9.17) is 0 Å². The van der Waals surface area contributed by atoms with Crippen LogP contribution in [0.25, 0.3) is 0 Å². The maximum Gasteiger partial charge on any atom is 0.456 e. The molecule has 2 saturated carbocycles. The van der Waals surface area contributed by atoms with E-state index in [0.717, 1.165) is 22.3 Å². The van der Waals surface area contributed by atoms with Crippen molar-refractivity contribution in [3.05, 3.63) is 88.3 Å². The van der Waals surface area contributed by atoms with Crippen LogP contribution in [0.5, 0.6) is 0 Å². The highest BCUT2D eigenvalue weighted by Crippen LogP contribution is 2.70. The van der Waals surface area contributed by atoms with E-state index in [2.05, 4.69) is 10.3 Å². The molecule has 4 aliphatic carbocycles. The minimum atomic E-state index is -5.90. The van der Waals surface area contributed by atoms with Crippen LogP contribution in [0.3, 0.4) is 0 Å². The molecule has 2 unspecified atom stereocenters. The van der Waals surface area contributed by atoms with Crippen LogP contribution in [-0.4, -0.2) is 46.0 Å². The first-order valence-electron chi connectivity index (χ1n) is 15.2. The number of halogens is 5. The third kappa shape index (κ3) is 4.80. The number of carbonyl (C=O) groups is 2. The highest BCUT2D eigenvalue weighted by Gasteiger charge is 2.79. The molecule has 1 aromatic heterocycles. The van der Waals surface area contributed by atoms with Crippen LogP contribution >= 0.6 is 0 Å². The van der Waals surface area contributed by atoms with Gasteiger partial charge in [-0.3, -0.25) is 14.6 Å². The van der Waals surface area contributed by atoms with Gasteiger partial charge in [-0.05, 0) is 109 Å². The van der Waals surface area contributed by atoms with Crippen molar-refractivity contribution in [3.8, 4) is 0 Å². The lowest BCUT2D eigenvalue weighted by Crippen LogP contribution is -2.65. The van der Waals surface area contributed by atoms with E-state index in [9.17, 15) is 27.9 Å². The fraction of sp³-hybridized carbons (Fsp3) is 0.500. The van der Waals surface area contributed by atoms with Gasteiger partial charge < -0.3 is 10.4 Å². The Kier molecular flexibility index (Phi) is 7.58. The normalized spacial score (nSPS) is 30.3. The first-order chi connectivity index (χ1) is 20.8. The molecule has 0 spiro atoms. The zero-order valence-electron chi connectivity index (χ0n) is 24.4. The third-order valence-electron chi connectivity index (χ3n) is 10.8. The molecule has 2 N–H and O–H groups in total. The Morgan fingerprint density at radius 3 is 2.41 bits per heavy atom. The number of nitrogens with zero attached hydrogens (tertiary/aromatic N) is 1. The lowest BCUT2D eigenvalue weighted by molar-refractivity contribution is -0.362. The van der Waals surface area contributed by atoms with Crippen LogP contribution in [-0.2, 0) is 11.2 Å². The van der Waals surface area contributed by atoms with Gasteiger partial charge in [0.2, 0.25) is 0 Å². The molecule has 0 saturated heterocycles. The van der Waals surface area contributed by atoms with Gasteiger partial charge in [-0.1, -0.05) is 24.6 Å². The van der Waals surface area contributed by atoms with Crippen molar-refractivity contribution in [2.45, 2.75) is 81.9 Å². The highest BCUT2D eigenvalue weighted by molar-refractivity contribution is 5.94. The molecule has 0 bridgehead atoms. The Bertz CT molecular complexity index is 1520. The summed E-state index contributed by atoms with van der Waals surface area (Å²) in [5.41, 5.74) is 0.0390. The molecule has 0 aliphatic heterocycles. The smallest absolute Gasteiger partial charge is 0.383 e. The van der Waals surface area contributed by atoms with Gasteiger partial charge in [0, 0.05) is 42.3 Å². The minimum absolute atomic E-state index is 0.0272. The molecule has 5 nitrogen and oxygen atoms in total. The summed E-state index contributed by atoms with van der Waals surface area (Å²) in [4.78, 5) is 29.1. The van der Waals surface area contributed by atoms with Crippen LogP contribution in [0, 0.1) is 17.3 Å². The van der Waals surface area contributed by atoms with Crippen molar-refractivity contribution in [2.75, 3.05) is 6.54 Å². The topological polar surface area (TPSA) is 79.3 Å². The zero-order chi connectivity index (χ0) is 31.5. The molecule has 234 valence electrons. The number of rotatable bonds is 6. The van der Waals surface area contributed by atoms with Gasteiger partial charge in [-0.15, -0.1) is 0 Å². The van der Waals surface area contributed by atoms with Gasteiger partial charge >= 0.3 is 12.1 Å². The second-order valence-electron chi connectivity index (χ2n) is 13.0. The van der Waals surface area contributed by atoms with Crippen molar-refractivity contribution >= 4 is 11.7 Å². The molecule has 2 fully saturated rings. The summed E-state index contributed by atoms with van der Waals surface area (Å²) < 4.78 is 71.7. The summed E-state index contributed by atoms with van der Waals surface area (Å²) in [7, 11) is 0. The van der Waals surface area contributed by atoms with Crippen LogP contribution in [0.15, 0.2) is 71.6 Å². The zero-order valence-corrected chi connectivity index (χ0v) is 24.4. The van der Waals surface area contributed by atoms with Crippen molar-refractivity contribution in [1.29, 1.82) is 0 Å². The Morgan fingerprint density at radius 2 is 1.73 bits per heavy atom. The monoisotopic (exact) mass is 614 g/mol. The average Bonchev–Trinajstić information content (AvgIpc) is 3.27. The van der Waals surface area contributed by atoms with Crippen LogP contribution < -0.4 is 5.32 Å². The molecule has 1 aromatic carbocycles. The molecular weight excluding hydrogens is 579 g/mol. The van der Waals surface area contributed by atoms with Crippen molar-refractivity contribution < 1.29 is 36.6 Å². The van der Waals surface area contributed by atoms with Gasteiger partial charge in [-0.2, -0.15) is 22.0 Å². The summed E-state index contributed by atoms with van der Waals surface area (Å²) in [5.74, 6) is -6.96. The first kappa shape index (κ1) is 30.6. The number of hydrogen-bond acceptors (Lipinski definition) is 4. The summed E-state index contributed by atoms with van der Waals surface area (Å²) in [5, 5.41) is 14.3. The van der Waals surface area contributed by atoms with Gasteiger partial charge in [0.1, 0.15) is 5.60 Å². The van der Waals surface area contributed by atoms with Crippen LogP contribution in [0.2, 0.25) is 0 Å². The largest absolute Gasteiger partial charge is 0.456 e. The number of fused-ring (bicyclic) bond motifs is 4. The minimum Gasteiger partial charge on any atom is -0.383 e. The molecule has 10 heteroatoms. The molecule has 1 amide bonds. The lowest BCUT2D eigenvalue weighted by Gasteiger charge is -2.56. The molecule has 44 heavy (non-hydrogen) atoms. The maximum absolute atomic E-state index is 15.2. The molecule has 6 rings (SSSR count). The van der Waals surface area contributed by atoms with E-state index in [1.54, 1.807) is 42.7 Å². The predicted octanol–water partition coefficient (Wildman–Crippen LogP) is 6.88. The Labute approximate surface area is 252 Å². The van der Waals surface area contributed by atoms with E-state index >= 15 is 8.78 Å². The second-order valence-corrected chi connectivity index (χ2v) is 13.0. The molecule has 1 heterocycles. The number of carbonyl (C=O) groups excluding carboxylic acids is 2. The number of pyridine rings is 1. The Balaban J connectivity index is 1.34. The quantitative estimate of drug-likeness (QED) is 0.348. The highest BCUT2D eigenvalue weighted by atomic mass is 19.4. The number of amides is 1. The number of aliphatic hydroxyl groups is 1. The number of hydrogen-bond donors (Lipinski definition) is 2. The number of allylic oxidation sites excluding steroid dienone is 4. The number of nitrogens with one attached hydrogen (secondary N) is 1. The maximum atomic E-state index is 15.2. The molecular formula is C34H35F5N2O3. The fourth-order valence-corrected chi connectivity index (χ4v) is 8.55. The summed E-state index contributed by atoms with van der Waals surface area (Å²) >= 11 is 0. The first-order valence-corrected chi connectivity index (χ1v) is 15.2. The molecule has 0 radical (unpaired) electrons. The van der Waals surface area contributed by atoms with Gasteiger partial charge in [0.25, 0.3) is 5.91 Å². The van der Waals surface area contributed by atoms with E-state index < -0.39 is 41.4 Å². The van der Waals surface area contributed by atoms with E-state index in [-0.39, 0.29) is 30.4 Å². The van der Waals surface area contributed by atoms with Gasteiger partial charge in [0.15, 0.2) is 5.78 Å². The van der Waals surface area contributed by atoms with E-state index in [1.165, 1.54) is 6.92 Å². The average molecular weight is 615 g/mol. The molecule has 2 aromatic rings. The number of aromatic nitrogens is 1. The van der Waals surface area contributed by atoms with Crippen molar-refractivity contribution in [2.24, 2.45) is 17.3 Å². The SMILES string of the molecule is C[C@]12C[C@H](c3ccc(C(=O)NCCc4ccncc4)cc3)C3=C4CCC(=O)C=C4CCC3C1CC[C@]2(O)C(F)(F)C(F)(F)F. The van der Waals surface area contributed by atoms with E-state index in [0.29, 0.717) is 49.8 Å². The molecule has 4 aliphatic rings. The standard InChI is InChI=1S/C34H35F5N2O3/c1-31-19-27(21-2-4-22(5-3-21)30(43)41-17-13-20-11-15-40-16-12-20)29-25-9-7-24(42)18-23(25)6-8-26(29)28(31)10-14-32(31,44)33(35,36)34(37,38)39/h2-5,11-12,15-16,18,26-28,44H,6-10,13-14,17,19H2,1H3,(H,41,43)/t26?,27-,28?,31+,32-/m1/s1. The Hall–Kier alpha value is -3.40. The van der Waals surface area contributed by atoms with Gasteiger partial charge in [-0.25, -0.2) is 0 Å². The lowest BCUT2D eigenvalue weighted by atomic mass is 9.50. The van der Waals surface area contributed by atoms with E-state index in [1.807, 2.05) is 12.1 Å². The second kappa shape index (κ2) is 10.9. The summed E-state index contributed by atoms with van der Waals surface area (Å²) in [6.07, 6.45) is 0.911. The predicted molar refractivity (Wildman–Crippen MR) is 153 cm³/mol. The van der Waals surface area contributed by atoms with Crippen LogP contribution in [0.1, 0.15) is 79.3 Å². The molecule has 5 atom stereocenters. The fourth-order valence-electron chi connectivity index (χ4n) is 8.55. The third-order valence-corrected chi connectivity index (χ3v) is 10.8.